The second kappa shape index (κ2) is 5.63. The molecule has 0 aromatic heterocycles. The van der Waals surface area contributed by atoms with E-state index in [1.54, 1.807) is 0 Å². The SMILES string of the molecule is C=CNOCC(C)CC. The lowest BCUT2D eigenvalue weighted by Crippen LogP contribution is -2.12. The van der Waals surface area contributed by atoms with Gasteiger partial charge in [0.05, 0.1) is 6.61 Å². The van der Waals surface area contributed by atoms with Crippen molar-refractivity contribution in [3.05, 3.63) is 12.8 Å². The van der Waals surface area contributed by atoms with Crippen molar-refractivity contribution in [3.63, 3.8) is 0 Å². The molecule has 0 radical (unpaired) electrons. The highest BCUT2D eigenvalue weighted by molar-refractivity contribution is 4.54. The summed E-state index contributed by atoms with van der Waals surface area (Å²) in [5.41, 5.74) is 2.58. The van der Waals surface area contributed by atoms with E-state index < -0.39 is 0 Å². The number of hydrogen-bond acceptors (Lipinski definition) is 2. The van der Waals surface area contributed by atoms with Gasteiger partial charge in [0.1, 0.15) is 0 Å². The summed E-state index contributed by atoms with van der Waals surface area (Å²) in [6.45, 7) is 8.48. The van der Waals surface area contributed by atoms with Gasteiger partial charge in [-0.3, -0.25) is 10.3 Å². The molecule has 0 heterocycles. The van der Waals surface area contributed by atoms with Crippen LogP contribution in [0.4, 0.5) is 0 Å². The second-order valence-electron chi connectivity index (χ2n) is 2.15. The van der Waals surface area contributed by atoms with Crippen LogP contribution < -0.4 is 5.48 Å². The van der Waals surface area contributed by atoms with E-state index in [9.17, 15) is 0 Å². The standard InChI is InChI=1S/C7H15NO/c1-4-7(3)6-9-8-5-2/h5,7-8H,2,4,6H2,1,3H3. The van der Waals surface area contributed by atoms with Crippen LogP contribution in [-0.2, 0) is 4.84 Å². The van der Waals surface area contributed by atoms with Gasteiger partial charge >= 0.3 is 0 Å². The molecule has 0 aliphatic rings. The number of hydrogen-bond donors (Lipinski definition) is 1. The average Bonchev–Trinajstić information content (AvgIpc) is 1.89. The van der Waals surface area contributed by atoms with E-state index in [0.717, 1.165) is 13.0 Å². The molecule has 0 rings (SSSR count). The van der Waals surface area contributed by atoms with E-state index in [-0.39, 0.29) is 0 Å². The molecule has 0 aromatic carbocycles. The molecule has 0 aliphatic carbocycles. The smallest absolute Gasteiger partial charge is 0.0771 e. The Balaban J connectivity index is 2.96. The monoisotopic (exact) mass is 129 g/mol. The molecule has 1 N–H and O–H groups in total. The van der Waals surface area contributed by atoms with Gasteiger partial charge in [0.25, 0.3) is 0 Å². The fourth-order valence-corrected chi connectivity index (χ4v) is 0.367. The van der Waals surface area contributed by atoms with Crippen LogP contribution in [-0.4, -0.2) is 6.61 Å². The minimum absolute atomic E-state index is 0.623. The maximum Gasteiger partial charge on any atom is 0.0771 e. The Bertz CT molecular complexity index is 73.3. The van der Waals surface area contributed by atoms with Crippen molar-refractivity contribution in [3.8, 4) is 0 Å². The van der Waals surface area contributed by atoms with Crippen LogP contribution in [0, 0.1) is 5.92 Å². The molecular formula is C7H15NO. The highest BCUT2D eigenvalue weighted by Gasteiger charge is 1.95. The van der Waals surface area contributed by atoms with E-state index in [1.807, 2.05) is 0 Å². The van der Waals surface area contributed by atoms with Crippen LogP contribution in [0.2, 0.25) is 0 Å². The Hall–Kier alpha value is -0.500. The molecule has 2 nitrogen and oxygen atoms in total. The van der Waals surface area contributed by atoms with Crippen molar-refractivity contribution in [2.75, 3.05) is 6.61 Å². The molecule has 1 atom stereocenters. The quantitative estimate of drug-likeness (QED) is 0.450. The lowest BCUT2D eigenvalue weighted by atomic mass is 10.1. The molecule has 2 heteroatoms. The lowest BCUT2D eigenvalue weighted by Gasteiger charge is -2.06. The topological polar surface area (TPSA) is 21.3 Å². The minimum Gasteiger partial charge on any atom is -0.276 e. The zero-order valence-electron chi connectivity index (χ0n) is 6.18. The number of nitrogens with one attached hydrogen (secondary N) is 1. The molecule has 0 fully saturated rings. The van der Waals surface area contributed by atoms with Crippen LogP contribution in [0.15, 0.2) is 12.8 Å². The summed E-state index contributed by atoms with van der Waals surface area (Å²) in [5.74, 6) is 0.623. The van der Waals surface area contributed by atoms with Crippen LogP contribution in [0.1, 0.15) is 20.3 Å². The molecule has 54 valence electrons. The summed E-state index contributed by atoms with van der Waals surface area (Å²) >= 11 is 0. The van der Waals surface area contributed by atoms with Gasteiger partial charge in [0.15, 0.2) is 0 Å². The molecular weight excluding hydrogens is 114 g/mol. The van der Waals surface area contributed by atoms with Crippen molar-refractivity contribution >= 4 is 0 Å². The number of rotatable bonds is 5. The van der Waals surface area contributed by atoms with E-state index in [1.165, 1.54) is 6.20 Å². The Morgan fingerprint density at radius 1 is 1.78 bits per heavy atom. The van der Waals surface area contributed by atoms with Crippen LogP contribution in [0.3, 0.4) is 0 Å². The third-order valence-corrected chi connectivity index (χ3v) is 1.23. The summed E-state index contributed by atoms with van der Waals surface area (Å²) in [6, 6.07) is 0. The van der Waals surface area contributed by atoms with Gasteiger partial charge < -0.3 is 0 Å². The highest BCUT2D eigenvalue weighted by Crippen LogP contribution is 1.98. The van der Waals surface area contributed by atoms with E-state index in [0.29, 0.717) is 5.92 Å². The van der Waals surface area contributed by atoms with Gasteiger partial charge in [-0.25, -0.2) is 0 Å². The molecule has 0 amide bonds. The Morgan fingerprint density at radius 2 is 2.44 bits per heavy atom. The normalized spacial score (nSPS) is 12.7. The molecule has 0 aromatic rings. The summed E-state index contributed by atoms with van der Waals surface area (Å²) in [7, 11) is 0. The molecule has 1 unspecified atom stereocenters. The van der Waals surface area contributed by atoms with Gasteiger partial charge in [-0.05, 0) is 5.92 Å². The van der Waals surface area contributed by atoms with Gasteiger partial charge in [-0.15, -0.1) is 0 Å². The van der Waals surface area contributed by atoms with Crippen molar-refractivity contribution in [1.29, 1.82) is 0 Å². The van der Waals surface area contributed by atoms with Crippen molar-refractivity contribution < 1.29 is 4.84 Å². The Kier molecular flexibility index (Phi) is 5.32. The van der Waals surface area contributed by atoms with Gasteiger partial charge in [-0.1, -0.05) is 26.8 Å². The molecule has 0 saturated heterocycles. The van der Waals surface area contributed by atoms with E-state index in [2.05, 4.69) is 25.9 Å². The summed E-state index contributed by atoms with van der Waals surface area (Å²) in [4.78, 5) is 4.97. The average molecular weight is 129 g/mol. The molecule has 0 bridgehead atoms. The van der Waals surface area contributed by atoms with E-state index >= 15 is 0 Å². The predicted octanol–water partition coefficient (Wildman–Crippen LogP) is 1.70. The zero-order chi connectivity index (χ0) is 7.11. The zero-order valence-corrected chi connectivity index (χ0v) is 6.18. The van der Waals surface area contributed by atoms with Gasteiger partial charge in [0, 0.05) is 6.20 Å². The largest absolute Gasteiger partial charge is 0.276 e. The molecule has 0 aliphatic heterocycles. The maximum atomic E-state index is 4.97. The van der Waals surface area contributed by atoms with Gasteiger partial charge in [0.2, 0.25) is 0 Å². The Labute approximate surface area is 56.9 Å². The van der Waals surface area contributed by atoms with Crippen molar-refractivity contribution in [2.24, 2.45) is 5.92 Å². The van der Waals surface area contributed by atoms with Crippen LogP contribution in [0.25, 0.3) is 0 Å². The second-order valence-corrected chi connectivity index (χ2v) is 2.15. The van der Waals surface area contributed by atoms with Crippen molar-refractivity contribution in [1.82, 2.24) is 5.48 Å². The third kappa shape index (κ3) is 5.37. The van der Waals surface area contributed by atoms with Crippen LogP contribution >= 0.6 is 0 Å². The lowest BCUT2D eigenvalue weighted by molar-refractivity contribution is 0.0469. The fraction of sp³-hybridized carbons (Fsp3) is 0.714. The fourth-order valence-electron chi connectivity index (χ4n) is 0.367. The summed E-state index contributed by atoms with van der Waals surface area (Å²) in [5, 5.41) is 0. The Morgan fingerprint density at radius 3 is 2.89 bits per heavy atom. The van der Waals surface area contributed by atoms with Gasteiger partial charge in [-0.2, -0.15) is 0 Å². The highest BCUT2D eigenvalue weighted by atomic mass is 16.6. The number of hydroxylamine groups is 1. The third-order valence-electron chi connectivity index (χ3n) is 1.23. The maximum absolute atomic E-state index is 4.97. The molecule has 9 heavy (non-hydrogen) atoms. The first-order valence-corrected chi connectivity index (χ1v) is 3.29. The van der Waals surface area contributed by atoms with Crippen LogP contribution in [0.5, 0.6) is 0 Å². The minimum atomic E-state index is 0.623. The first-order chi connectivity index (χ1) is 4.31. The summed E-state index contributed by atoms with van der Waals surface area (Å²) in [6.07, 6.45) is 2.68. The van der Waals surface area contributed by atoms with Crippen molar-refractivity contribution in [2.45, 2.75) is 20.3 Å². The first kappa shape index (κ1) is 8.50. The molecule has 0 spiro atoms. The molecule has 0 saturated carbocycles. The summed E-state index contributed by atoms with van der Waals surface area (Å²) < 4.78 is 0. The first-order valence-electron chi connectivity index (χ1n) is 3.29. The van der Waals surface area contributed by atoms with E-state index in [4.69, 9.17) is 4.84 Å². The predicted molar refractivity (Wildman–Crippen MR) is 38.7 cm³/mol.